The van der Waals surface area contributed by atoms with Crippen molar-refractivity contribution in [2.45, 2.75) is 38.8 Å². The minimum Gasteiger partial charge on any atom is -0.444 e. The summed E-state index contributed by atoms with van der Waals surface area (Å²) >= 11 is 0. The molecule has 0 saturated heterocycles. The molecule has 1 aliphatic carbocycles. The first-order valence-corrected chi connectivity index (χ1v) is 6.08. The van der Waals surface area contributed by atoms with Crippen LogP contribution in [0.4, 0.5) is 9.18 Å². The zero-order valence-corrected chi connectivity index (χ0v) is 11.1. The molecule has 0 aromatic heterocycles. The van der Waals surface area contributed by atoms with E-state index < -0.39 is 17.7 Å². The van der Waals surface area contributed by atoms with E-state index in [0.717, 1.165) is 0 Å². The molecule has 5 heteroatoms. The van der Waals surface area contributed by atoms with Crippen LogP contribution >= 0.6 is 0 Å². The van der Waals surface area contributed by atoms with E-state index in [-0.39, 0.29) is 11.6 Å². The Bertz CT molecular complexity index is 534. The van der Waals surface area contributed by atoms with Crippen LogP contribution in [0.3, 0.4) is 0 Å². The number of carbonyl (C=O) groups excluding carboxylic acids is 2. The second kappa shape index (κ2) is 4.64. The van der Waals surface area contributed by atoms with Gasteiger partial charge in [-0.2, -0.15) is 0 Å². The Morgan fingerprint density at radius 2 is 2.11 bits per heavy atom. The van der Waals surface area contributed by atoms with Crippen molar-refractivity contribution in [1.29, 1.82) is 0 Å². The second-order valence-electron chi connectivity index (χ2n) is 5.57. The van der Waals surface area contributed by atoms with Crippen LogP contribution in [0.1, 0.15) is 36.7 Å². The molecule has 4 nitrogen and oxygen atoms in total. The fraction of sp³-hybridized carbons (Fsp3) is 0.429. The fourth-order valence-electron chi connectivity index (χ4n) is 2.04. The number of ether oxygens (including phenoxy) is 1. The van der Waals surface area contributed by atoms with Gasteiger partial charge in [0.05, 0.1) is 6.04 Å². The molecule has 0 spiro atoms. The van der Waals surface area contributed by atoms with Crippen LogP contribution in [-0.2, 0) is 11.2 Å². The summed E-state index contributed by atoms with van der Waals surface area (Å²) in [6.45, 7) is 5.23. The van der Waals surface area contributed by atoms with Crippen LogP contribution in [0.25, 0.3) is 0 Å². The molecule has 0 bridgehead atoms. The smallest absolute Gasteiger partial charge is 0.408 e. The maximum atomic E-state index is 13.1. The van der Waals surface area contributed by atoms with Crippen LogP contribution in [0.5, 0.6) is 0 Å². The number of Topliss-reactive ketones (excluding diaryl/α,β-unsaturated/α-hetero) is 1. The molecular formula is C14H16FNO3. The lowest BCUT2D eigenvalue weighted by Crippen LogP contribution is -2.42. The predicted octanol–water partition coefficient (Wildman–Crippen LogP) is 2.46. The number of rotatable bonds is 1. The number of hydrogen-bond acceptors (Lipinski definition) is 3. The molecule has 1 aromatic carbocycles. The largest absolute Gasteiger partial charge is 0.444 e. The Balaban J connectivity index is 2.06. The van der Waals surface area contributed by atoms with E-state index in [0.29, 0.717) is 17.5 Å². The van der Waals surface area contributed by atoms with Crippen molar-refractivity contribution in [2.24, 2.45) is 0 Å². The Kier molecular flexibility index (Phi) is 3.30. The van der Waals surface area contributed by atoms with Gasteiger partial charge in [-0.3, -0.25) is 4.79 Å². The average molecular weight is 265 g/mol. The van der Waals surface area contributed by atoms with Crippen LogP contribution in [0.2, 0.25) is 0 Å². The van der Waals surface area contributed by atoms with E-state index >= 15 is 0 Å². The number of nitrogens with one attached hydrogen (secondary N) is 1. The molecule has 0 saturated carbocycles. The highest BCUT2D eigenvalue weighted by atomic mass is 19.1. The van der Waals surface area contributed by atoms with Gasteiger partial charge in [-0.25, -0.2) is 9.18 Å². The molecule has 2 rings (SSSR count). The molecule has 1 aliphatic rings. The lowest BCUT2D eigenvalue weighted by Gasteiger charge is -2.21. The highest BCUT2D eigenvalue weighted by Gasteiger charge is 2.32. The minimum atomic E-state index is -0.674. The van der Waals surface area contributed by atoms with Crippen LogP contribution in [0, 0.1) is 5.82 Å². The van der Waals surface area contributed by atoms with Crippen LogP contribution < -0.4 is 5.32 Å². The van der Waals surface area contributed by atoms with Crippen LogP contribution in [0.15, 0.2) is 18.2 Å². The van der Waals surface area contributed by atoms with Crippen molar-refractivity contribution < 1.29 is 18.7 Å². The van der Waals surface area contributed by atoms with Crippen LogP contribution in [-0.4, -0.2) is 23.5 Å². The quantitative estimate of drug-likeness (QED) is 0.848. The Morgan fingerprint density at radius 1 is 1.42 bits per heavy atom. The molecule has 19 heavy (non-hydrogen) atoms. The summed E-state index contributed by atoms with van der Waals surface area (Å²) in [7, 11) is 0. The maximum Gasteiger partial charge on any atom is 0.408 e. The average Bonchev–Trinajstić information content (AvgIpc) is 2.52. The topological polar surface area (TPSA) is 55.4 Å². The third-order valence-corrected chi connectivity index (χ3v) is 2.76. The van der Waals surface area contributed by atoms with Crippen molar-refractivity contribution in [3.05, 3.63) is 35.1 Å². The van der Waals surface area contributed by atoms with E-state index in [4.69, 9.17) is 4.74 Å². The van der Waals surface area contributed by atoms with Crippen molar-refractivity contribution >= 4 is 11.9 Å². The monoisotopic (exact) mass is 265 g/mol. The lowest BCUT2D eigenvalue weighted by molar-refractivity contribution is 0.0495. The van der Waals surface area contributed by atoms with Crippen molar-refractivity contribution in [3.8, 4) is 0 Å². The molecular weight excluding hydrogens is 249 g/mol. The number of ketones is 1. The number of fused-ring (bicyclic) bond motifs is 1. The first-order chi connectivity index (χ1) is 8.76. The Morgan fingerprint density at radius 3 is 2.74 bits per heavy atom. The molecule has 1 unspecified atom stereocenters. The van der Waals surface area contributed by atoms with Gasteiger partial charge in [-0.1, -0.05) is 0 Å². The number of hydrogen-bond donors (Lipinski definition) is 1. The number of amides is 1. The number of benzene rings is 1. The zero-order valence-electron chi connectivity index (χ0n) is 11.1. The summed E-state index contributed by atoms with van der Waals surface area (Å²) in [6.07, 6.45) is -0.343. The van der Waals surface area contributed by atoms with Gasteiger partial charge in [0.15, 0.2) is 5.78 Å². The highest BCUT2D eigenvalue weighted by Crippen LogP contribution is 2.23. The summed E-state index contributed by atoms with van der Waals surface area (Å²) in [5.74, 6) is -0.592. The van der Waals surface area contributed by atoms with Gasteiger partial charge in [0, 0.05) is 12.0 Å². The van der Waals surface area contributed by atoms with Gasteiger partial charge in [-0.15, -0.1) is 0 Å². The van der Waals surface area contributed by atoms with E-state index in [1.165, 1.54) is 18.2 Å². The number of carbonyl (C=O) groups is 2. The standard InChI is InChI=1S/C14H16FNO3/c1-14(2,3)19-13(18)16-11-7-8-6-9(15)4-5-10(8)12(11)17/h4-6,11H,7H2,1-3H3,(H,16,18). The first-order valence-electron chi connectivity index (χ1n) is 6.08. The van der Waals surface area contributed by atoms with E-state index in [1.54, 1.807) is 20.8 Å². The first kappa shape index (κ1) is 13.5. The van der Waals surface area contributed by atoms with Crippen molar-refractivity contribution in [2.75, 3.05) is 0 Å². The normalized spacial score (nSPS) is 18.1. The minimum absolute atomic E-state index is 0.208. The number of halogens is 1. The summed E-state index contributed by atoms with van der Waals surface area (Å²) in [5, 5.41) is 2.52. The van der Waals surface area contributed by atoms with Crippen molar-refractivity contribution in [1.82, 2.24) is 5.32 Å². The van der Waals surface area contributed by atoms with Gasteiger partial charge in [0.2, 0.25) is 0 Å². The highest BCUT2D eigenvalue weighted by molar-refractivity contribution is 6.05. The Labute approximate surface area is 110 Å². The molecule has 0 aliphatic heterocycles. The zero-order chi connectivity index (χ0) is 14.2. The summed E-state index contributed by atoms with van der Waals surface area (Å²) in [5.41, 5.74) is 0.457. The third kappa shape index (κ3) is 3.10. The molecule has 1 amide bonds. The van der Waals surface area contributed by atoms with Crippen molar-refractivity contribution in [3.63, 3.8) is 0 Å². The molecule has 102 valence electrons. The number of alkyl carbamates (subject to hydrolysis) is 1. The molecule has 1 N–H and O–H groups in total. The van der Waals surface area contributed by atoms with E-state index in [1.807, 2.05) is 0 Å². The summed E-state index contributed by atoms with van der Waals surface area (Å²) in [4.78, 5) is 23.6. The molecule has 0 radical (unpaired) electrons. The molecule has 0 heterocycles. The third-order valence-electron chi connectivity index (χ3n) is 2.76. The SMILES string of the molecule is CC(C)(C)OC(=O)NC1Cc2cc(F)ccc2C1=O. The fourth-order valence-corrected chi connectivity index (χ4v) is 2.04. The Hall–Kier alpha value is -1.91. The molecule has 1 atom stereocenters. The summed E-state index contributed by atoms with van der Waals surface area (Å²) in [6, 6.07) is 3.34. The summed E-state index contributed by atoms with van der Waals surface area (Å²) < 4.78 is 18.2. The van der Waals surface area contributed by atoms with Gasteiger partial charge < -0.3 is 10.1 Å². The maximum absolute atomic E-state index is 13.1. The van der Waals surface area contributed by atoms with Gasteiger partial charge in [-0.05, 0) is 44.5 Å². The second-order valence-corrected chi connectivity index (χ2v) is 5.57. The predicted molar refractivity (Wildman–Crippen MR) is 67.6 cm³/mol. The van der Waals surface area contributed by atoms with E-state index in [2.05, 4.69) is 5.32 Å². The van der Waals surface area contributed by atoms with Gasteiger partial charge in [0.25, 0.3) is 0 Å². The molecule has 0 fully saturated rings. The van der Waals surface area contributed by atoms with Gasteiger partial charge in [0.1, 0.15) is 11.4 Å². The lowest BCUT2D eigenvalue weighted by atomic mass is 10.1. The van der Waals surface area contributed by atoms with Gasteiger partial charge >= 0.3 is 6.09 Å². The van der Waals surface area contributed by atoms with E-state index in [9.17, 15) is 14.0 Å². The molecule has 1 aromatic rings.